The van der Waals surface area contributed by atoms with Gasteiger partial charge in [-0.2, -0.15) is 0 Å². The number of hydrogen-bond donors (Lipinski definition) is 1. The third kappa shape index (κ3) is 0.788. The highest BCUT2D eigenvalue weighted by molar-refractivity contribution is 5.87. The molecule has 94 valence electrons. The van der Waals surface area contributed by atoms with Crippen LogP contribution < -0.4 is 5.73 Å². The molecule has 6 heteroatoms. The fraction of sp³-hybridized carbons (Fsp3) is 0.909. The molecule has 3 aliphatic rings. The van der Waals surface area contributed by atoms with Crippen LogP contribution in [0.1, 0.15) is 33.1 Å². The van der Waals surface area contributed by atoms with Crippen LogP contribution in [0.5, 0.6) is 0 Å². The van der Waals surface area contributed by atoms with Crippen molar-refractivity contribution >= 4 is 5.91 Å². The number of carbonyl (C=O) groups is 1. The Morgan fingerprint density at radius 1 is 1.53 bits per heavy atom. The number of carbonyl (C=O) groups excluding carboxylic acids is 1. The van der Waals surface area contributed by atoms with Gasteiger partial charge in [0, 0.05) is 10.8 Å². The summed E-state index contributed by atoms with van der Waals surface area (Å²) in [5.41, 5.74) is 3.99. The summed E-state index contributed by atoms with van der Waals surface area (Å²) in [4.78, 5) is 23.1. The third-order valence-electron chi connectivity index (χ3n) is 6.13. The van der Waals surface area contributed by atoms with Crippen LogP contribution in [0.4, 0.5) is 0 Å². The Kier molecular flexibility index (Phi) is 1.63. The first-order valence-corrected chi connectivity index (χ1v) is 6.01. The Balaban J connectivity index is 2.21. The lowest BCUT2D eigenvalue weighted by Gasteiger charge is -2.40. The molecule has 17 heavy (non-hydrogen) atoms. The number of rotatable bonds is 2. The Bertz CT molecular complexity index is 440. The third-order valence-corrected chi connectivity index (χ3v) is 6.13. The van der Waals surface area contributed by atoms with Crippen LogP contribution in [0.3, 0.4) is 0 Å². The van der Waals surface area contributed by atoms with Crippen molar-refractivity contribution in [2.45, 2.75) is 38.6 Å². The van der Waals surface area contributed by atoms with Crippen molar-refractivity contribution in [2.24, 2.45) is 22.5 Å². The molecule has 0 spiro atoms. The van der Waals surface area contributed by atoms with E-state index in [1.165, 1.54) is 0 Å². The number of piperidine rings is 1. The minimum Gasteiger partial charge on any atom is -0.367 e. The normalized spacial score (nSPS) is 50.9. The average molecular weight is 239 g/mol. The molecule has 2 aliphatic carbocycles. The molecule has 0 unspecified atom stereocenters. The molecule has 0 aromatic carbocycles. The summed E-state index contributed by atoms with van der Waals surface area (Å²) >= 11 is 0. The number of nitro groups is 1. The monoisotopic (exact) mass is 239 g/mol. The second-order valence-corrected chi connectivity index (χ2v) is 6.21. The first kappa shape index (κ1) is 10.8. The molecule has 4 bridgehead atoms. The predicted molar refractivity (Wildman–Crippen MR) is 59.2 cm³/mol. The second-order valence-electron chi connectivity index (χ2n) is 6.21. The summed E-state index contributed by atoms with van der Waals surface area (Å²) in [5.74, 6) is -0.126. The Morgan fingerprint density at radius 3 is 2.65 bits per heavy atom. The molecule has 2 saturated carbocycles. The molecular formula is C11H17N3O3. The highest BCUT2D eigenvalue weighted by Crippen LogP contribution is 2.75. The summed E-state index contributed by atoms with van der Waals surface area (Å²) in [6.45, 7) is 4.44. The summed E-state index contributed by atoms with van der Waals surface area (Å²) < 4.78 is 0. The van der Waals surface area contributed by atoms with Gasteiger partial charge < -0.3 is 5.73 Å². The van der Waals surface area contributed by atoms with Crippen molar-refractivity contribution in [1.29, 1.82) is 0 Å². The first-order chi connectivity index (χ1) is 7.79. The molecule has 1 heterocycles. The van der Waals surface area contributed by atoms with Gasteiger partial charge in [-0.05, 0) is 25.2 Å². The molecule has 3 fully saturated rings. The lowest BCUT2D eigenvalue weighted by atomic mass is 9.65. The second kappa shape index (κ2) is 2.57. The quantitative estimate of drug-likeness (QED) is 0.562. The highest BCUT2D eigenvalue weighted by Gasteiger charge is 2.83. The van der Waals surface area contributed by atoms with E-state index in [2.05, 4.69) is 6.92 Å². The summed E-state index contributed by atoms with van der Waals surface area (Å²) in [6, 6.07) is 0. The molecule has 2 N–H and O–H groups in total. The van der Waals surface area contributed by atoms with Crippen molar-refractivity contribution in [2.75, 3.05) is 6.54 Å². The van der Waals surface area contributed by atoms with Crippen molar-refractivity contribution in [3.05, 3.63) is 10.1 Å². The van der Waals surface area contributed by atoms with Crippen LogP contribution in [-0.2, 0) is 4.79 Å². The summed E-state index contributed by atoms with van der Waals surface area (Å²) in [7, 11) is 0. The maximum absolute atomic E-state index is 11.9. The zero-order valence-corrected chi connectivity index (χ0v) is 10.1. The van der Waals surface area contributed by atoms with Crippen LogP contribution in [0.2, 0.25) is 0 Å². The van der Waals surface area contributed by atoms with Gasteiger partial charge >= 0.3 is 0 Å². The van der Waals surface area contributed by atoms with E-state index in [0.717, 1.165) is 17.9 Å². The lowest BCUT2D eigenvalue weighted by Crippen LogP contribution is -2.63. The fourth-order valence-electron chi connectivity index (χ4n) is 4.94. The van der Waals surface area contributed by atoms with E-state index >= 15 is 0 Å². The highest BCUT2D eigenvalue weighted by atomic mass is 16.7. The van der Waals surface area contributed by atoms with E-state index in [9.17, 15) is 14.9 Å². The fourth-order valence-corrected chi connectivity index (χ4v) is 4.94. The zero-order valence-electron chi connectivity index (χ0n) is 10.1. The smallest absolute Gasteiger partial charge is 0.249 e. The first-order valence-electron chi connectivity index (χ1n) is 6.01. The van der Waals surface area contributed by atoms with Gasteiger partial charge in [0.25, 0.3) is 0 Å². The average Bonchev–Trinajstić information content (AvgIpc) is 2.68. The van der Waals surface area contributed by atoms with E-state index in [1.807, 2.05) is 6.92 Å². The van der Waals surface area contributed by atoms with Crippen molar-refractivity contribution in [1.82, 2.24) is 5.01 Å². The van der Waals surface area contributed by atoms with Crippen molar-refractivity contribution < 1.29 is 9.83 Å². The molecule has 1 aliphatic heterocycles. The molecule has 0 aromatic heterocycles. The summed E-state index contributed by atoms with van der Waals surface area (Å²) in [6.07, 6.45) is 2.48. The standard InChI is InChI=1S/C11H17N3O3/c1-9-6-13(14(16)17)11(8(12)15)5-7(9)3-4-10(9,11)2/h7H,3-6H2,1-2H3,(H2,12,15)/t7-,9+,10-,11-/m0/s1. The molecule has 0 aromatic rings. The van der Waals surface area contributed by atoms with E-state index in [4.69, 9.17) is 5.73 Å². The van der Waals surface area contributed by atoms with E-state index in [1.54, 1.807) is 0 Å². The van der Waals surface area contributed by atoms with E-state index in [-0.39, 0.29) is 10.8 Å². The predicted octanol–water partition coefficient (Wildman–Crippen LogP) is 0.544. The van der Waals surface area contributed by atoms with Crippen LogP contribution in [0.25, 0.3) is 0 Å². The molecule has 1 saturated heterocycles. The number of hydrogen-bond acceptors (Lipinski definition) is 3. The maximum Gasteiger partial charge on any atom is 0.249 e. The van der Waals surface area contributed by atoms with Crippen LogP contribution >= 0.6 is 0 Å². The molecule has 1 amide bonds. The Hall–Kier alpha value is -1.33. The van der Waals surface area contributed by atoms with E-state index < -0.39 is 16.5 Å². The van der Waals surface area contributed by atoms with E-state index in [0.29, 0.717) is 18.9 Å². The van der Waals surface area contributed by atoms with Crippen molar-refractivity contribution in [3.63, 3.8) is 0 Å². The Labute approximate surface area is 99.3 Å². The van der Waals surface area contributed by atoms with Gasteiger partial charge in [-0.15, -0.1) is 5.01 Å². The zero-order chi connectivity index (χ0) is 12.6. The molecule has 6 nitrogen and oxygen atoms in total. The lowest BCUT2D eigenvalue weighted by molar-refractivity contribution is -0.671. The topological polar surface area (TPSA) is 89.5 Å². The van der Waals surface area contributed by atoms with Gasteiger partial charge in [-0.3, -0.25) is 4.79 Å². The van der Waals surface area contributed by atoms with Crippen molar-refractivity contribution in [3.8, 4) is 0 Å². The van der Waals surface area contributed by atoms with Gasteiger partial charge in [0.2, 0.25) is 5.91 Å². The van der Waals surface area contributed by atoms with Crippen LogP contribution in [-0.4, -0.2) is 28.0 Å². The van der Waals surface area contributed by atoms with Gasteiger partial charge in [0.1, 0.15) is 0 Å². The number of nitrogens with two attached hydrogens (primary N) is 1. The molecule has 4 atom stereocenters. The number of nitrogens with zero attached hydrogens (tertiary/aromatic N) is 2. The number of hydrazine groups is 1. The van der Waals surface area contributed by atoms with Gasteiger partial charge in [-0.1, -0.05) is 13.8 Å². The Morgan fingerprint density at radius 2 is 2.18 bits per heavy atom. The minimum absolute atomic E-state index is 0.144. The van der Waals surface area contributed by atoms with Gasteiger partial charge in [0.15, 0.2) is 10.6 Å². The summed E-state index contributed by atoms with van der Waals surface area (Å²) in [5, 5.41) is 11.9. The molecule has 3 rings (SSSR count). The van der Waals surface area contributed by atoms with Gasteiger partial charge in [0.05, 0.1) is 6.54 Å². The molecular weight excluding hydrogens is 222 g/mol. The van der Waals surface area contributed by atoms with Crippen LogP contribution in [0, 0.1) is 26.9 Å². The van der Waals surface area contributed by atoms with Gasteiger partial charge in [-0.25, -0.2) is 10.1 Å². The minimum atomic E-state index is -1.06. The maximum atomic E-state index is 11.9. The molecule has 0 radical (unpaired) electrons. The SMILES string of the molecule is C[C@@]12CC[C@H]3C[C@@]1(C(N)=O)N([N+](=O)[O-])C[C@]32C. The number of amides is 1. The number of primary amides is 1. The largest absolute Gasteiger partial charge is 0.367 e. The van der Waals surface area contributed by atoms with Crippen LogP contribution in [0.15, 0.2) is 0 Å².